The minimum absolute atomic E-state index is 0.173. The first-order valence-electron chi connectivity index (χ1n) is 9.14. The van der Waals surface area contributed by atoms with Gasteiger partial charge in [-0.3, -0.25) is 9.89 Å². The van der Waals surface area contributed by atoms with Gasteiger partial charge in [-0.05, 0) is 50.7 Å². The van der Waals surface area contributed by atoms with Crippen LogP contribution in [0.4, 0.5) is 5.69 Å². The number of H-pyrrole nitrogens is 2. The molecule has 3 aromatic heterocycles. The van der Waals surface area contributed by atoms with Crippen molar-refractivity contribution in [3.8, 4) is 11.3 Å². The normalized spacial score (nSPS) is 11.7. The summed E-state index contributed by atoms with van der Waals surface area (Å²) in [5, 5.41) is 10.4. The quantitative estimate of drug-likeness (QED) is 0.391. The number of aromatic nitrogens is 4. The molecule has 0 radical (unpaired) electrons. The van der Waals surface area contributed by atoms with Gasteiger partial charge in [-0.2, -0.15) is 5.10 Å². The third kappa shape index (κ3) is 3.58. The zero-order chi connectivity index (χ0) is 21.5. The van der Waals surface area contributed by atoms with Crippen LogP contribution in [0.25, 0.3) is 22.3 Å². The van der Waals surface area contributed by atoms with E-state index in [-0.39, 0.29) is 10.8 Å². The topological polar surface area (TPSA) is 133 Å². The van der Waals surface area contributed by atoms with Crippen molar-refractivity contribution in [2.24, 2.45) is 0 Å². The number of aryl methyl sites for hydroxylation is 1. The van der Waals surface area contributed by atoms with Crippen LogP contribution < -0.4 is 10.0 Å². The molecule has 0 fully saturated rings. The zero-order valence-electron chi connectivity index (χ0n) is 16.6. The van der Waals surface area contributed by atoms with Crippen molar-refractivity contribution in [1.29, 1.82) is 0 Å². The van der Waals surface area contributed by atoms with Crippen LogP contribution in [-0.2, 0) is 10.0 Å². The number of nitrogens with zero attached hydrogens (tertiary/aromatic N) is 2. The van der Waals surface area contributed by atoms with Crippen LogP contribution >= 0.6 is 0 Å². The van der Waals surface area contributed by atoms with E-state index in [1.54, 1.807) is 24.4 Å². The van der Waals surface area contributed by atoms with Gasteiger partial charge >= 0.3 is 0 Å². The van der Waals surface area contributed by atoms with Crippen LogP contribution in [0.2, 0.25) is 0 Å². The SMILES string of the molecule is CNS(=O)(=O)c1cccc(-c2cc3cc(NC(=O)c4[nH]nc(C)c4C)cnc3[nH]2)c1. The van der Waals surface area contributed by atoms with E-state index in [2.05, 4.69) is 30.2 Å². The number of rotatable bonds is 5. The third-order valence-corrected chi connectivity index (χ3v) is 6.34. The standard InChI is InChI=1S/C20H20N6O3S/c1-11-12(2)25-26-18(11)20(27)23-15-7-14-9-17(24-19(14)22-10-15)13-5-4-6-16(8-13)30(28,29)21-3/h4-10,21H,1-3H3,(H,22,24)(H,23,27)(H,25,26). The Morgan fingerprint density at radius 2 is 1.93 bits per heavy atom. The summed E-state index contributed by atoms with van der Waals surface area (Å²) in [7, 11) is -2.17. The highest BCUT2D eigenvalue weighted by atomic mass is 32.2. The Labute approximate surface area is 173 Å². The lowest BCUT2D eigenvalue weighted by molar-refractivity contribution is 0.102. The summed E-state index contributed by atoms with van der Waals surface area (Å²) in [6.07, 6.45) is 1.56. The summed E-state index contributed by atoms with van der Waals surface area (Å²) in [6.45, 7) is 3.66. The molecule has 1 amide bonds. The van der Waals surface area contributed by atoms with Crippen LogP contribution in [0.3, 0.4) is 0 Å². The number of amides is 1. The molecule has 154 valence electrons. The summed E-state index contributed by atoms with van der Waals surface area (Å²) in [5.74, 6) is -0.296. The molecule has 0 atom stereocenters. The van der Waals surface area contributed by atoms with Crippen molar-refractivity contribution < 1.29 is 13.2 Å². The van der Waals surface area contributed by atoms with Crippen molar-refractivity contribution in [2.75, 3.05) is 12.4 Å². The van der Waals surface area contributed by atoms with Gasteiger partial charge in [0, 0.05) is 16.6 Å². The molecule has 3 heterocycles. The number of carbonyl (C=O) groups is 1. The highest BCUT2D eigenvalue weighted by Gasteiger charge is 2.16. The zero-order valence-corrected chi connectivity index (χ0v) is 17.4. The Morgan fingerprint density at radius 1 is 1.13 bits per heavy atom. The summed E-state index contributed by atoms with van der Waals surface area (Å²) >= 11 is 0. The van der Waals surface area contributed by atoms with E-state index in [0.717, 1.165) is 16.6 Å². The first-order valence-corrected chi connectivity index (χ1v) is 10.6. The fourth-order valence-electron chi connectivity index (χ4n) is 3.09. The predicted octanol–water partition coefficient (Wildman–Crippen LogP) is 2.73. The third-order valence-electron chi connectivity index (χ3n) is 4.93. The van der Waals surface area contributed by atoms with E-state index in [0.29, 0.717) is 28.3 Å². The molecule has 0 saturated heterocycles. The van der Waals surface area contributed by atoms with Gasteiger partial charge in [0.2, 0.25) is 10.0 Å². The van der Waals surface area contributed by atoms with Crippen LogP contribution in [0.1, 0.15) is 21.7 Å². The summed E-state index contributed by atoms with van der Waals surface area (Å²) in [4.78, 5) is 20.2. The van der Waals surface area contributed by atoms with Gasteiger partial charge in [0.15, 0.2) is 0 Å². The number of benzene rings is 1. The van der Waals surface area contributed by atoms with Crippen LogP contribution in [0.15, 0.2) is 47.5 Å². The van der Waals surface area contributed by atoms with E-state index in [9.17, 15) is 13.2 Å². The van der Waals surface area contributed by atoms with Crippen molar-refractivity contribution in [3.63, 3.8) is 0 Å². The minimum atomic E-state index is -3.54. The Bertz CT molecular complexity index is 1370. The van der Waals surface area contributed by atoms with Gasteiger partial charge in [-0.25, -0.2) is 18.1 Å². The molecule has 0 saturated carbocycles. The molecule has 4 N–H and O–H groups in total. The fraction of sp³-hybridized carbons (Fsp3) is 0.150. The van der Waals surface area contributed by atoms with Gasteiger partial charge < -0.3 is 10.3 Å². The van der Waals surface area contributed by atoms with E-state index in [4.69, 9.17) is 0 Å². The Kier molecular flexibility index (Phi) is 4.88. The summed E-state index contributed by atoms with van der Waals surface area (Å²) in [6, 6.07) is 10.3. The minimum Gasteiger partial charge on any atom is -0.339 e. The lowest BCUT2D eigenvalue weighted by Crippen LogP contribution is -2.18. The maximum atomic E-state index is 12.5. The first-order chi connectivity index (χ1) is 14.3. The van der Waals surface area contributed by atoms with Gasteiger partial charge in [0.1, 0.15) is 11.3 Å². The van der Waals surface area contributed by atoms with Crippen molar-refractivity contribution in [1.82, 2.24) is 24.9 Å². The number of fused-ring (bicyclic) bond motifs is 1. The van der Waals surface area contributed by atoms with E-state index in [1.807, 2.05) is 26.0 Å². The highest BCUT2D eigenvalue weighted by molar-refractivity contribution is 7.89. The smallest absolute Gasteiger partial charge is 0.273 e. The highest BCUT2D eigenvalue weighted by Crippen LogP contribution is 2.26. The average molecular weight is 424 g/mol. The summed E-state index contributed by atoms with van der Waals surface area (Å²) in [5.41, 5.74) is 4.56. The second kappa shape index (κ2) is 7.39. The Morgan fingerprint density at radius 3 is 2.63 bits per heavy atom. The molecule has 0 aliphatic carbocycles. The molecule has 0 aliphatic rings. The van der Waals surface area contributed by atoms with E-state index < -0.39 is 10.0 Å². The van der Waals surface area contributed by atoms with Crippen LogP contribution in [0.5, 0.6) is 0 Å². The van der Waals surface area contributed by atoms with Gasteiger partial charge in [0.25, 0.3) is 5.91 Å². The second-order valence-electron chi connectivity index (χ2n) is 6.84. The first kappa shape index (κ1) is 19.8. The van der Waals surface area contributed by atoms with Gasteiger partial charge in [-0.1, -0.05) is 12.1 Å². The number of hydrogen-bond donors (Lipinski definition) is 4. The van der Waals surface area contributed by atoms with Gasteiger partial charge in [0.05, 0.1) is 22.5 Å². The lowest BCUT2D eigenvalue weighted by Gasteiger charge is -2.04. The predicted molar refractivity (Wildman–Crippen MR) is 114 cm³/mol. The van der Waals surface area contributed by atoms with E-state index in [1.165, 1.54) is 13.1 Å². The molecule has 10 heteroatoms. The number of sulfonamides is 1. The largest absolute Gasteiger partial charge is 0.339 e. The second-order valence-corrected chi connectivity index (χ2v) is 8.73. The molecule has 0 aliphatic heterocycles. The number of pyridine rings is 1. The molecule has 30 heavy (non-hydrogen) atoms. The number of anilines is 1. The molecule has 9 nitrogen and oxygen atoms in total. The van der Waals surface area contributed by atoms with Crippen molar-refractivity contribution in [2.45, 2.75) is 18.7 Å². The lowest BCUT2D eigenvalue weighted by atomic mass is 10.1. The molecular formula is C20H20N6O3S. The maximum absolute atomic E-state index is 12.5. The number of carbonyl (C=O) groups excluding carboxylic acids is 1. The number of aromatic amines is 2. The molecule has 0 bridgehead atoms. The fourth-order valence-corrected chi connectivity index (χ4v) is 3.87. The molecular weight excluding hydrogens is 404 g/mol. The average Bonchev–Trinajstić information content (AvgIpc) is 3.31. The molecule has 4 aromatic rings. The van der Waals surface area contributed by atoms with Crippen molar-refractivity contribution >= 4 is 32.7 Å². The van der Waals surface area contributed by atoms with Crippen LogP contribution in [-0.4, -0.2) is 41.5 Å². The Hall–Kier alpha value is -3.50. The Balaban J connectivity index is 1.64. The molecule has 4 rings (SSSR count). The van der Waals surface area contributed by atoms with E-state index >= 15 is 0 Å². The molecule has 0 spiro atoms. The van der Waals surface area contributed by atoms with Crippen molar-refractivity contribution in [3.05, 3.63) is 59.5 Å². The summed E-state index contributed by atoms with van der Waals surface area (Å²) < 4.78 is 26.4. The molecule has 1 aromatic carbocycles. The van der Waals surface area contributed by atoms with Crippen LogP contribution in [0, 0.1) is 13.8 Å². The van der Waals surface area contributed by atoms with Gasteiger partial charge in [-0.15, -0.1) is 0 Å². The maximum Gasteiger partial charge on any atom is 0.273 e. The molecule has 0 unspecified atom stereocenters. The number of hydrogen-bond acceptors (Lipinski definition) is 5. The number of nitrogens with one attached hydrogen (secondary N) is 4. The monoisotopic (exact) mass is 424 g/mol.